The second-order valence-corrected chi connectivity index (χ2v) is 5.66. The zero-order valence-electron chi connectivity index (χ0n) is 11.4. The van der Waals surface area contributed by atoms with Gasteiger partial charge in [0.05, 0.1) is 20.1 Å². The van der Waals surface area contributed by atoms with E-state index in [9.17, 15) is 4.79 Å². The Labute approximate surface area is 117 Å². The van der Waals surface area contributed by atoms with E-state index in [0.29, 0.717) is 6.42 Å². The summed E-state index contributed by atoms with van der Waals surface area (Å²) in [6, 6.07) is 8.19. The molecular weight excluding hydrogens is 260 g/mol. The van der Waals surface area contributed by atoms with Gasteiger partial charge in [0, 0.05) is 21.1 Å². The van der Waals surface area contributed by atoms with Crippen LogP contribution in [0.5, 0.6) is 0 Å². The van der Waals surface area contributed by atoms with Gasteiger partial charge in [-0.05, 0) is 38.1 Å². The molecule has 0 unspecified atom stereocenters. The smallest absolute Gasteiger partial charge is 0.310 e. The quantitative estimate of drug-likeness (QED) is 0.855. The number of ether oxygens (including phenoxy) is 1. The Bertz CT molecular complexity index is 552. The Morgan fingerprint density at radius 3 is 2.47 bits per heavy atom. The zero-order chi connectivity index (χ0) is 13.8. The predicted octanol–water partition coefficient (Wildman–Crippen LogP) is 2.63. The fraction of sp³-hybridized carbons (Fsp3) is 0.357. The molecule has 2 aromatic heterocycles. The number of aryl methyl sites for hydroxylation is 2. The van der Waals surface area contributed by atoms with E-state index in [1.54, 1.807) is 11.3 Å². The molecule has 0 saturated carbocycles. The molecule has 0 amide bonds. The third-order valence-electron chi connectivity index (χ3n) is 2.95. The Hall–Kier alpha value is -1.75. The molecule has 0 aliphatic heterocycles. The number of methoxy groups -OCH3 is 1. The number of aromatic nitrogens is 1. The fourth-order valence-electron chi connectivity index (χ4n) is 1.90. The number of hydrogen-bond donors (Lipinski definition) is 1. The summed E-state index contributed by atoms with van der Waals surface area (Å²) in [5, 5.41) is 0. The Morgan fingerprint density at radius 2 is 1.84 bits per heavy atom. The van der Waals surface area contributed by atoms with E-state index in [1.807, 2.05) is 12.1 Å². The number of nitrogens with one attached hydrogen (secondary N) is 1. The van der Waals surface area contributed by atoms with Crippen LogP contribution in [0, 0.1) is 13.8 Å². The first-order valence-electron chi connectivity index (χ1n) is 6.13. The van der Waals surface area contributed by atoms with Gasteiger partial charge in [0.2, 0.25) is 0 Å². The second-order valence-electron chi connectivity index (χ2n) is 4.41. The van der Waals surface area contributed by atoms with Crippen LogP contribution in [0.4, 0.5) is 0 Å². The lowest BCUT2D eigenvalue weighted by Crippen LogP contribution is -2.16. The molecule has 2 heterocycles. The highest BCUT2D eigenvalue weighted by Crippen LogP contribution is 2.18. The lowest BCUT2D eigenvalue weighted by Gasteiger charge is -2.11. The third-order valence-corrected chi connectivity index (χ3v) is 4.03. The van der Waals surface area contributed by atoms with Crippen LogP contribution in [-0.2, 0) is 22.5 Å². The largest absolute Gasteiger partial charge is 0.469 e. The standard InChI is InChI=1S/C14H18N2O2S/c1-10-4-5-11(2)16(10)15-9-13-7-6-12(19-13)8-14(17)18-3/h4-7,15H,8-9H2,1-3H3. The van der Waals surface area contributed by atoms with Gasteiger partial charge in [0.15, 0.2) is 0 Å². The van der Waals surface area contributed by atoms with Crippen molar-refractivity contribution in [3.8, 4) is 0 Å². The molecule has 4 nitrogen and oxygen atoms in total. The Morgan fingerprint density at radius 1 is 1.21 bits per heavy atom. The average Bonchev–Trinajstić information content (AvgIpc) is 2.95. The minimum absolute atomic E-state index is 0.196. The van der Waals surface area contributed by atoms with Gasteiger partial charge >= 0.3 is 5.97 Å². The minimum Gasteiger partial charge on any atom is -0.469 e. The minimum atomic E-state index is -0.196. The normalized spacial score (nSPS) is 10.5. The lowest BCUT2D eigenvalue weighted by atomic mass is 10.3. The maximum Gasteiger partial charge on any atom is 0.310 e. The Balaban J connectivity index is 1.95. The summed E-state index contributed by atoms with van der Waals surface area (Å²) in [6.45, 7) is 4.89. The van der Waals surface area contributed by atoms with Crippen molar-refractivity contribution in [3.05, 3.63) is 45.4 Å². The van der Waals surface area contributed by atoms with Crippen LogP contribution in [0.3, 0.4) is 0 Å². The van der Waals surface area contributed by atoms with Gasteiger partial charge in [-0.15, -0.1) is 11.3 Å². The number of thiophene rings is 1. The number of carbonyl (C=O) groups is 1. The van der Waals surface area contributed by atoms with E-state index >= 15 is 0 Å². The van der Waals surface area contributed by atoms with E-state index in [4.69, 9.17) is 0 Å². The van der Waals surface area contributed by atoms with Gasteiger partial charge < -0.3 is 10.2 Å². The van der Waals surface area contributed by atoms with Crippen molar-refractivity contribution in [2.75, 3.05) is 12.5 Å². The highest BCUT2D eigenvalue weighted by Gasteiger charge is 2.07. The first-order valence-corrected chi connectivity index (χ1v) is 6.95. The lowest BCUT2D eigenvalue weighted by molar-refractivity contribution is -0.139. The summed E-state index contributed by atoms with van der Waals surface area (Å²) < 4.78 is 6.73. The van der Waals surface area contributed by atoms with E-state index in [-0.39, 0.29) is 5.97 Å². The Kier molecular flexibility index (Phi) is 4.27. The van der Waals surface area contributed by atoms with Crippen LogP contribution in [0.15, 0.2) is 24.3 Å². The van der Waals surface area contributed by atoms with Gasteiger partial charge in [-0.2, -0.15) is 0 Å². The number of hydrogen-bond acceptors (Lipinski definition) is 4. The number of nitrogens with zero attached hydrogens (tertiary/aromatic N) is 1. The first-order chi connectivity index (χ1) is 9.10. The predicted molar refractivity (Wildman–Crippen MR) is 77.0 cm³/mol. The molecule has 0 fully saturated rings. The van der Waals surface area contributed by atoms with Crippen molar-refractivity contribution < 1.29 is 9.53 Å². The van der Waals surface area contributed by atoms with Gasteiger partial charge in [0.1, 0.15) is 0 Å². The summed E-state index contributed by atoms with van der Waals surface area (Å²) in [5.41, 5.74) is 5.74. The zero-order valence-corrected chi connectivity index (χ0v) is 12.2. The molecule has 19 heavy (non-hydrogen) atoms. The van der Waals surface area contributed by atoms with E-state index in [2.05, 4.69) is 40.8 Å². The third kappa shape index (κ3) is 3.38. The SMILES string of the molecule is COC(=O)Cc1ccc(CNn2c(C)ccc2C)s1. The molecule has 2 aromatic rings. The van der Waals surface area contributed by atoms with E-state index in [0.717, 1.165) is 11.4 Å². The van der Waals surface area contributed by atoms with E-state index < -0.39 is 0 Å². The molecule has 0 spiro atoms. The number of carbonyl (C=O) groups excluding carboxylic acids is 1. The van der Waals surface area contributed by atoms with E-state index in [1.165, 1.54) is 23.4 Å². The molecule has 0 aromatic carbocycles. The van der Waals surface area contributed by atoms with Crippen molar-refractivity contribution >= 4 is 17.3 Å². The maximum absolute atomic E-state index is 11.2. The van der Waals surface area contributed by atoms with Gasteiger partial charge in [-0.25, -0.2) is 0 Å². The van der Waals surface area contributed by atoms with Crippen molar-refractivity contribution in [3.63, 3.8) is 0 Å². The average molecular weight is 278 g/mol. The van der Waals surface area contributed by atoms with Crippen LogP contribution in [0.1, 0.15) is 21.1 Å². The molecule has 0 atom stereocenters. The summed E-state index contributed by atoms with van der Waals surface area (Å²) in [7, 11) is 1.41. The molecule has 0 radical (unpaired) electrons. The van der Waals surface area contributed by atoms with Crippen molar-refractivity contribution in [1.29, 1.82) is 0 Å². The fourth-order valence-corrected chi connectivity index (χ4v) is 2.84. The summed E-state index contributed by atoms with van der Waals surface area (Å²) in [4.78, 5) is 13.4. The van der Waals surface area contributed by atoms with Crippen molar-refractivity contribution in [2.45, 2.75) is 26.8 Å². The highest BCUT2D eigenvalue weighted by molar-refractivity contribution is 7.12. The van der Waals surface area contributed by atoms with Crippen molar-refractivity contribution in [1.82, 2.24) is 4.68 Å². The molecule has 0 saturated heterocycles. The maximum atomic E-state index is 11.2. The second kappa shape index (κ2) is 5.93. The van der Waals surface area contributed by atoms with Gasteiger partial charge in [0.25, 0.3) is 0 Å². The van der Waals surface area contributed by atoms with Crippen LogP contribution in [0.25, 0.3) is 0 Å². The topological polar surface area (TPSA) is 43.3 Å². The number of esters is 1. The molecule has 102 valence electrons. The van der Waals surface area contributed by atoms with Gasteiger partial charge in [-0.3, -0.25) is 9.47 Å². The van der Waals surface area contributed by atoms with Crippen LogP contribution < -0.4 is 5.43 Å². The molecule has 0 bridgehead atoms. The molecular formula is C14H18N2O2S. The van der Waals surface area contributed by atoms with Crippen LogP contribution in [-0.4, -0.2) is 17.8 Å². The molecule has 0 aliphatic carbocycles. The van der Waals surface area contributed by atoms with Crippen LogP contribution in [0.2, 0.25) is 0 Å². The monoisotopic (exact) mass is 278 g/mol. The first kappa shape index (κ1) is 13.7. The molecule has 1 N–H and O–H groups in total. The summed E-state index contributed by atoms with van der Waals surface area (Å²) >= 11 is 1.63. The van der Waals surface area contributed by atoms with Crippen molar-refractivity contribution in [2.24, 2.45) is 0 Å². The molecule has 5 heteroatoms. The molecule has 0 aliphatic rings. The molecule has 2 rings (SSSR count). The number of rotatable bonds is 5. The summed E-state index contributed by atoms with van der Waals surface area (Å²) in [6.07, 6.45) is 0.350. The highest BCUT2D eigenvalue weighted by atomic mass is 32.1. The van der Waals surface area contributed by atoms with Gasteiger partial charge in [-0.1, -0.05) is 0 Å². The van der Waals surface area contributed by atoms with Crippen LogP contribution >= 0.6 is 11.3 Å². The summed E-state index contributed by atoms with van der Waals surface area (Å²) in [5.74, 6) is -0.196.